The number of pyridine rings is 2. The molecule has 0 spiro atoms. The first-order valence-electron chi connectivity index (χ1n) is 9.81. The number of fused-ring (bicyclic) bond motifs is 1. The van der Waals surface area contributed by atoms with Crippen LogP contribution < -0.4 is 16.0 Å². The summed E-state index contributed by atoms with van der Waals surface area (Å²) >= 11 is 0. The standard InChI is InChI=1S/C22H25N5O2/c23-13-16-2-1-3-17(12-16)21(28)26-15-22(29)6-10-27(11-7-22)20-5-9-25-19-4-8-24-14-18(19)20/h1-5,8-9,12,14,29H,6-7,10-11,13,15,23H2,(H,26,28). The number of anilines is 1. The Morgan fingerprint density at radius 3 is 2.83 bits per heavy atom. The fourth-order valence-corrected chi connectivity index (χ4v) is 3.78. The molecule has 150 valence electrons. The van der Waals surface area contributed by atoms with Gasteiger partial charge in [0, 0.05) is 61.4 Å². The number of carbonyl (C=O) groups is 1. The molecule has 0 bridgehead atoms. The maximum absolute atomic E-state index is 12.4. The molecule has 2 aromatic heterocycles. The molecule has 0 aliphatic carbocycles. The number of nitrogens with zero attached hydrogens (tertiary/aromatic N) is 3. The lowest BCUT2D eigenvalue weighted by Gasteiger charge is -2.39. The van der Waals surface area contributed by atoms with Gasteiger partial charge in [0.1, 0.15) is 0 Å². The van der Waals surface area contributed by atoms with Crippen molar-refractivity contribution in [3.05, 3.63) is 66.1 Å². The Balaban J connectivity index is 1.38. The van der Waals surface area contributed by atoms with Crippen molar-refractivity contribution in [2.75, 3.05) is 24.5 Å². The summed E-state index contributed by atoms with van der Waals surface area (Å²) < 4.78 is 0. The van der Waals surface area contributed by atoms with Crippen molar-refractivity contribution in [1.82, 2.24) is 15.3 Å². The maximum Gasteiger partial charge on any atom is 0.251 e. The highest BCUT2D eigenvalue weighted by Gasteiger charge is 2.33. The summed E-state index contributed by atoms with van der Waals surface area (Å²) in [5.74, 6) is -0.192. The highest BCUT2D eigenvalue weighted by atomic mass is 16.3. The third kappa shape index (κ3) is 4.21. The van der Waals surface area contributed by atoms with E-state index in [1.54, 1.807) is 24.5 Å². The zero-order valence-electron chi connectivity index (χ0n) is 16.2. The van der Waals surface area contributed by atoms with Gasteiger partial charge in [-0.05, 0) is 42.7 Å². The lowest BCUT2D eigenvalue weighted by atomic mass is 9.90. The van der Waals surface area contributed by atoms with Crippen molar-refractivity contribution in [2.24, 2.45) is 5.73 Å². The molecule has 7 heteroatoms. The van der Waals surface area contributed by atoms with Crippen LogP contribution in [0.1, 0.15) is 28.8 Å². The fraction of sp³-hybridized carbons (Fsp3) is 0.318. The Morgan fingerprint density at radius 1 is 1.21 bits per heavy atom. The maximum atomic E-state index is 12.4. The lowest BCUT2D eigenvalue weighted by Crippen LogP contribution is -2.51. The molecule has 29 heavy (non-hydrogen) atoms. The van der Waals surface area contributed by atoms with Gasteiger partial charge < -0.3 is 21.1 Å². The second-order valence-corrected chi connectivity index (χ2v) is 7.52. The van der Waals surface area contributed by atoms with E-state index in [9.17, 15) is 9.90 Å². The smallest absolute Gasteiger partial charge is 0.251 e. The number of nitrogens with two attached hydrogens (primary N) is 1. The second kappa shape index (κ2) is 8.14. The van der Waals surface area contributed by atoms with Gasteiger partial charge in [0.15, 0.2) is 0 Å². The normalized spacial score (nSPS) is 16.0. The number of piperidine rings is 1. The fourth-order valence-electron chi connectivity index (χ4n) is 3.78. The van der Waals surface area contributed by atoms with E-state index in [-0.39, 0.29) is 12.5 Å². The summed E-state index contributed by atoms with van der Waals surface area (Å²) in [4.78, 5) is 23.3. The Morgan fingerprint density at radius 2 is 2.03 bits per heavy atom. The quantitative estimate of drug-likeness (QED) is 0.613. The van der Waals surface area contributed by atoms with Crippen LogP contribution in [0.15, 0.2) is 55.0 Å². The number of carbonyl (C=O) groups excluding carboxylic acids is 1. The summed E-state index contributed by atoms with van der Waals surface area (Å²) in [6, 6.07) is 11.1. The molecule has 0 saturated carbocycles. The molecule has 1 saturated heterocycles. The Hall–Kier alpha value is -3.03. The van der Waals surface area contributed by atoms with E-state index in [0.29, 0.717) is 38.0 Å². The number of nitrogens with one attached hydrogen (secondary N) is 1. The van der Waals surface area contributed by atoms with E-state index >= 15 is 0 Å². The van der Waals surface area contributed by atoms with Crippen molar-refractivity contribution in [2.45, 2.75) is 25.0 Å². The van der Waals surface area contributed by atoms with Crippen molar-refractivity contribution < 1.29 is 9.90 Å². The second-order valence-electron chi connectivity index (χ2n) is 7.52. The zero-order chi connectivity index (χ0) is 20.3. The first kappa shape index (κ1) is 19.3. The van der Waals surface area contributed by atoms with Crippen LogP contribution in [0.5, 0.6) is 0 Å². The largest absolute Gasteiger partial charge is 0.388 e. The lowest BCUT2D eigenvalue weighted by molar-refractivity contribution is 0.0166. The van der Waals surface area contributed by atoms with Crippen LogP contribution in [0.3, 0.4) is 0 Å². The minimum Gasteiger partial charge on any atom is -0.388 e. The van der Waals surface area contributed by atoms with Gasteiger partial charge in [-0.3, -0.25) is 14.8 Å². The molecule has 0 radical (unpaired) electrons. The molecular formula is C22H25N5O2. The van der Waals surface area contributed by atoms with Crippen LogP contribution in [0.4, 0.5) is 5.69 Å². The molecule has 1 aromatic carbocycles. The Kier molecular flexibility index (Phi) is 5.42. The van der Waals surface area contributed by atoms with Gasteiger partial charge in [0.05, 0.1) is 11.1 Å². The molecule has 0 atom stereocenters. The molecule has 3 heterocycles. The molecule has 7 nitrogen and oxygen atoms in total. The predicted molar refractivity (Wildman–Crippen MR) is 113 cm³/mol. The van der Waals surface area contributed by atoms with Crippen LogP contribution in [0.2, 0.25) is 0 Å². The van der Waals surface area contributed by atoms with Crippen molar-refractivity contribution in [1.29, 1.82) is 0 Å². The highest BCUT2D eigenvalue weighted by Crippen LogP contribution is 2.30. The SMILES string of the molecule is NCc1cccc(C(=O)NCC2(O)CCN(c3ccnc4ccncc34)CC2)c1. The molecule has 3 aromatic rings. The van der Waals surface area contributed by atoms with Gasteiger partial charge in [-0.15, -0.1) is 0 Å². The van der Waals surface area contributed by atoms with E-state index in [1.807, 2.05) is 30.5 Å². The monoisotopic (exact) mass is 391 g/mol. The summed E-state index contributed by atoms with van der Waals surface area (Å²) in [6.07, 6.45) is 6.50. The average Bonchev–Trinajstić information content (AvgIpc) is 2.78. The number of rotatable bonds is 5. The minimum atomic E-state index is -0.918. The number of benzene rings is 1. The number of hydrogen-bond donors (Lipinski definition) is 3. The summed E-state index contributed by atoms with van der Waals surface area (Å²) in [5, 5.41) is 14.8. The van der Waals surface area contributed by atoms with Crippen LogP contribution >= 0.6 is 0 Å². The van der Waals surface area contributed by atoms with Gasteiger partial charge >= 0.3 is 0 Å². The van der Waals surface area contributed by atoms with E-state index < -0.39 is 5.60 Å². The first-order chi connectivity index (χ1) is 14.1. The van der Waals surface area contributed by atoms with Crippen molar-refractivity contribution >= 4 is 22.5 Å². The number of hydrogen-bond acceptors (Lipinski definition) is 6. The third-order valence-electron chi connectivity index (χ3n) is 5.56. The van der Waals surface area contributed by atoms with Gasteiger partial charge in [0.25, 0.3) is 5.91 Å². The average molecular weight is 391 g/mol. The van der Waals surface area contributed by atoms with Gasteiger partial charge in [0.2, 0.25) is 0 Å². The summed E-state index contributed by atoms with van der Waals surface area (Å²) in [5.41, 5.74) is 8.17. The van der Waals surface area contributed by atoms with E-state index in [2.05, 4.69) is 20.2 Å². The highest BCUT2D eigenvalue weighted by molar-refractivity contribution is 5.94. The van der Waals surface area contributed by atoms with Crippen LogP contribution in [-0.4, -0.2) is 46.2 Å². The molecule has 1 fully saturated rings. The third-order valence-corrected chi connectivity index (χ3v) is 5.56. The molecule has 4 N–H and O–H groups in total. The van der Waals surface area contributed by atoms with Crippen molar-refractivity contribution in [3.8, 4) is 0 Å². The van der Waals surface area contributed by atoms with Gasteiger partial charge in [-0.2, -0.15) is 0 Å². The van der Waals surface area contributed by atoms with Crippen LogP contribution in [0, 0.1) is 0 Å². The number of amides is 1. The first-order valence-corrected chi connectivity index (χ1v) is 9.81. The molecular weight excluding hydrogens is 366 g/mol. The van der Waals surface area contributed by atoms with Crippen molar-refractivity contribution in [3.63, 3.8) is 0 Å². The summed E-state index contributed by atoms with van der Waals surface area (Å²) in [7, 11) is 0. The Labute approximate surface area is 169 Å². The number of aromatic nitrogens is 2. The molecule has 0 unspecified atom stereocenters. The zero-order valence-corrected chi connectivity index (χ0v) is 16.2. The van der Waals surface area contributed by atoms with E-state index in [4.69, 9.17) is 5.73 Å². The van der Waals surface area contributed by atoms with Crippen LogP contribution in [-0.2, 0) is 6.54 Å². The molecule has 1 aliphatic heterocycles. The van der Waals surface area contributed by atoms with E-state index in [1.165, 1.54) is 0 Å². The van der Waals surface area contributed by atoms with Gasteiger partial charge in [-0.25, -0.2) is 0 Å². The summed E-state index contributed by atoms with van der Waals surface area (Å²) in [6.45, 7) is 2.01. The minimum absolute atomic E-state index is 0.192. The van der Waals surface area contributed by atoms with E-state index in [0.717, 1.165) is 22.2 Å². The molecule has 1 amide bonds. The predicted octanol–water partition coefficient (Wildman–Crippen LogP) is 1.85. The topological polar surface area (TPSA) is 104 Å². The Bertz CT molecular complexity index is 1010. The number of aliphatic hydroxyl groups is 1. The van der Waals surface area contributed by atoms with Gasteiger partial charge in [-0.1, -0.05) is 12.1 Å². The molecule has 4 rings (SSSR count). The van der Waals surface area contributed by atoms with Crippen LogP contribution in [0.25, 0.3) is 10.9 Å². The molecule has 1 aliphatic rings.